The molecule has 0 saturated carbocycles. The van der Waals surface area contributed by atoms with Gasteiger partial charge < -0.3 is 24.6 Å². The Labute approximate surface area is 156 Å². The standard InChI is InChI=1S/C20H32N2O4/c1-25-19-4-3-15(20(9-19)26-2)10-22-12-16(17(13-22)14-23)11-21-7-5-18(24)6-8-21/h3-4,9,16-18,23-24H,5-8,10-14H2,1-2H3/t16-,17-/m0/s1. The molecule has 26 heavy (non-hydrogen) atoms. The Hall–Kier alpha value is -1.34. The van der Waals surface area contributed by atoms with Crippen LogP contribution in [0.4, 0.5) is 0 Å². The van der Waals surface area contributed by atoms with Gasteiger partial charge in [0.15, 0.2) is 0 Å². The van der Waals surface area contributed by atoms with Crippen LogP contribution in [0.3, 0.4) is 0 Å². The molecule has 0 amide bonds. The summed E-state index contributed by atoms with van der Waals surface area (Å²) in [4.78, 5) is 4.85. The molecule has 0 bridgehead atoms. The molecule has 2 N–H and O–H groups in total. The number of hydrogen-bond acceptors (Lipinski definition) is 6. The van der Waals surface area contributed by atoms with E-state index in [4.69, 9.17) is 9.47 Å². The molecule has 2 saturated heterocycles. The van der Waals surface area contributed by atoms with Crippen LogP contribution >= 0.6 is 0 Å². The summed E-state index contributed by atoms with van der Waals surface area (Å²) in [6.07, 6.45) is 1.59. The van der Waals surface area contributed by atoms with Gasteiger partial charge in [0.25, 0.3) is 0 Å². The molecule has 2 aliphatic rings. The van der Waals surface area contributed by atoms with Gasteiger partial charge in [0.1, 0.15) is 11.5 Å². The van der Waals surface area contributed by atoms with Crippen molar-refractivity contribution in [1.82, 2.24) is 9.80 Å². The minimum Gasteiger partial charge on any atom is -0.497 e. The fourth-order valence-electron chi connectivity index (χ4n) is 4.24. The monoisotopic (exact) mass is 364 g/mol. The molecule has 0 aliphatic carbocycles. The Morgan fingerprint density at radius 1 is 1.04 bits per heavy atom. The van der Waals surface area contributed by atoms with Crippen LogP contribution in [-0.2, 0) is 6.54 Å². The minimum absolute atomic E-state index is 0.137. The van der Waals surface area contributed by atoms with Crippen LogP contribution in [0.5, 0.6) is 11.5 Å². The molecular formula is C20H32N2O4. The molecule has 0 aromatic heterocycles. The summed E-state index contributed by atoms with van der Waals surface area (Å²) < 4.78 is 10.8. The van der Waals surface area contributed by atoms with Gasteiger partial charge in [-0.3, -0.25) is 4.90 Å². The number of nitrogens with zero attached hydrogens (tertiary/aromatic N) is 2. The van der Waals surface area contributed by atoms with Crippen molar-refractivity contribution in [3.63, 3.8) is 0 Å². The summed E-state index contributed by atoms with van der Waals surface area (Å²) in [5.74, 6) is 2.43. The first-order valence-electron chi connectivity index (χ1n) is 9.57. The van der Waals surface area contributed by atoms with E-state index in [0.29, 0.717) is 11.8 Å². The maximum atomic E-state index is 9.83. The van der Waals surface area contributed by atoms with Gasteiger partial charge in [-0.25, -0.2) is 0 Å². The average molecular weight is 364 g/mol. The number of ether oxygens (including phenoxy) is 2. The maximum Gasteiger partial charge on any atom is 0.127 e. The van der Waals surface area contributed by atoms with Crippen molar-refractivity contribution in [2.45, 2.75) is 25.5 Å². The van der Waals surface area contributed by atoms with E-state index in [2.05, 4.69) is 15.9 Å². The van der Waals surface area contributed by atoms with Gasteiger partial charge in [0, 0.05) is 57.5 Å². The van der Waals surface area contributed by atoms with Crippen LogP contribution < -0.4 is 9.47 Å². The molecular weight excluding hydrogens is 332 g/mol. The fourth-order valence-corrected chi connectivity index (χ4v) is 4.24. The predicted octanol–water partition coefficient (Wildman–Crippen LogP) is 1.20. The topological polar surface area (TPSA) is 65.4 Å². The third kappa shape index (κ3) is 4.68. The highest BCUT2D eigenvalue weighted by molar-refractivity contribution is 5.40. The summed E-state index contributed by atoms with van der Waals surface area (Å²) >= 11 is 0. The lowest BCUT2D eigenvalue weighted by Gasteiger charge is -2.32. The predicted molar refractivity (Wildman–Crippen MR) is 101 cm³/mol. The van der Waals surface area contributed by atoms with Gasteiger partial charge in [-0.2, -0.15) is 0 Å². The van der Waals surface area contributed by atoms with E-state index in [1.54, 1.807) is 14.2 Å². The number of aliphatic hydroxyl groups is 2. The second-order valence-electron chi connectivity index (χ2n) is 7.61. The molecule has 2 heterocycles. The van der Waals surface area contributed by atoms with E-state index in [0.717, 1.165) is 69.2 Å². The first kappa shape index (κ1) is 19.4. The molecule has 3 rings (SSSR count). The minimum atomic E-state index is -0.137. The summed E-state index contributed by atoms with van der Waals surface area (Å²) in [7, 11) is 3.34. The van der Waals surface area contributed by atoms with Gasteiger partial charge in [-0.15, -0.1) is 0 Å². The Morgan fingerprint density at radius 2 is 1.77 bits per heavy atom. The second kappa shape index (κ2) is 9.04. The molecule has 1 aromatic rings. The number of hydrogen-bond donors (Lipinski definition) is 2. The Kier molecular flexibility index (Phi) is 6.75. The molecule has 146 valence electrons. The molecule has 2 fully saturated rings. The zero-order chi connectivity index (χ0) is 18.5. The van der Waals surface area contributed by atoms with Crippen LogP contribution in [0.1, 0.15) is 18.4 Å². The van der Waals surface area contributed by atoms with E-state index in [1.807, 2.05) is 12.1 Å². The van der Waals surface area contributed by atoms with Crippen molar-refractivity contribution in [2.75, 3.05) is 53.6 Å². The number of methoxy groups -OCH3 is 2. The van der Waals surface area contributed by atoms with Gasteiger partial charge in [0.2, 0.25) is 0 Å². The van der Waals surface area contributed by atoms with E-state index in [9.17, 15) is 10.2 Å². The Bertz CT molecular complexity index is 575. The van der Waals surface area contributed by atoms with Gasteiger partial charge >= 0.3 is 0 Å². The third-order valence-corrected chi connectivity index (χ3v) is 5.82. The van der Waals surface area contributed by atoms with E-state index in [-0.39, 0.29) is 12.7 Å². The smallest absolute Gasteiger partial charge is 0.127 e. The van der Waals surface area contributed by atoms with Gasteiger partial charge in [-0.1, -0.05) is 6.07 Å². The summed E-state index contributed by atoms with van der Waals surface area (Å²) in [5.41, 5.74) is 1.15. The van der Waals surface area contributed by atoms with Crippen molar-refractivity contribution in [2.24, 2.45) is 11.8 Å². The fraction of sp³-hybridized carbons (Fsp3) is 0.700. The molecule has 0 radical (unpaired) electrons. The number of likely N-dealkylation sites (tertiary alicyclic amines) is 2. The lowest BCUT2D eigenvalue weighted by molar-refractivity contribution is 0.0684. The molecule has 1 aromatic carbocycles. The zero-order valence-electron chi connectivity index (χ0n) is 15.9. The lowest BCUT2D eigenvalue weighted by Crippen LogP contribution is -2.40. The number of aliphatic hydroxyl groups excluding tert-OH is 2. The maximum absolute atomic E-state index is 9.83. The van der Waals surface area contributed by atoms with Crippen molar-refractivity contribution in [3.8, 4) is 11.5 Å². The summed E-state index contributed by atoms with van der Waals surface area (Å²) in [5, 5.41) is 19.5. The van der Waals surface area contributed by atoms with E-state index < -0.39 is 0 Å². The Balaban J connectivity index is 1.60. The normalized spacial score (nSPS) is 25.5. The number of rotatable bonds is 7. The van der Waals surface area contributed by atoms with Crippen LogP contribution in [-0.4, -0.2) is 79.7 Å². The van der Waals surface area contributed by atoms with Crippen LogP contribution in [0.25, 0.3) is 0 Å². The second-order valence-corrected chi connectivity index (χ2v) is 7.61. The van der Waals surface area contributed by atoms with Crippen molar-refractivity contribution >= 4 is 0 Å². The largest absolute Gasteiger partial charge is 0.497 e. The number of benzene rings is 1. The third-order valence-electron chi connectivity index (χ3n) is 5.82. The first-order valence-corrected chi connectivity index (χ1v) is 9.57. The highest BCUT2D eigenvalue weighted by Gasteiger charge is 2.34. The van der Waals surface area contributed by atoms with Gasteiger partial charge in [0.05, 0.1) is 20.3 Å². The van der Waals surface area contributed by atoms with E-state index in [1.165, 1.54) is 0 Å². The molecule has 6 heteroatoms. The van der Waals surface area contributed by atoms with Crippen molar-refractivity contribution < 1.29 is 19.7 Å². The number of piperidine rings is 1. The van der Waals surface area contributed by atoms with Crippen LogP contribution in [0, 0.1) is 11.8 Å². The van der Waals surface area contributed by atoms with Crippen LogP contribution in [0.15, 0.2) is 18.2 Å². The van der Waals surface area contributed by atoms with Crippen molar-refractivity contribution in [1.29, 1.82) is 0 Å². The molecule has 0 spiro atoms. The highest BCUT2D eigenvalue weighted by atomic mass is 16.5. The van der Waals surface area contributed by atoms with Crippen LogP contribution in [0.2, 0.25) is 0 Å². The average Bonchev–Trinajstić information content (AvgIpc) is 3.05. The zero-order valence-corrected chi connectivity index (χ0v) is 15.9. The molecule has 2 aliphatic heterocycles. The SMILES string of the molecule is COc1ccc(CN2C[C@@H](CO)[C@@H](CN3CCC(O)CC3)C2)c(OC)c1. The molecule has 0 unspecified atom stereocenters. The summed E-state index contributed by atoms with van der Waals surface area (Å²) in [6.45, 7) is 5.88. The van der Waals surface area contributed by atoms with Crippen molar-refractivity contribution in [3.05, 3.63) is 23.8 Å². The first-order chi connectivity index (χ1) is 12.6. The quantitative estimate of drug-likeness (QED) is 0.758. The molecule has 6 nitrogen and oxygen atoms in total. The molecule has 2 atom stereocenters. The summed E-state index contributed by atoms with van der Waals surface area (Å²) in [6, 6.07) is 5.95. The highest BCUT2D eigenvalue weighted by Crippen LogP contribution is 2.30. The van der Waals surface area contributed by atoms with Gasteiger partial charge in [-0.05, 0) is 30.7 Å². The lowest BCUT2D eigenvalue weighted by atomic mass is 9.95. The van der Waals surface area contributed by atoms with E-state index >= 15 is 0 Å². The Morgan fingerprint density at radius 3 is 2.42 bits per heavy atom.